The summed E-state index contributed by atoms with van der Waals surface area (Å²) in [5.41, 5.74) is 0.0621. The number of hydrogen-bond acceptors (Lipinski definition) is 2. The fourth-order valence-electron chi connectivity index (χ4n) is 3.13. The van der Waals surface area contributed by atoms with E-state index in [0.717, 1.165) is 11.3 Å². The molecule has 0 bridgehead atoms. The zero-order valence-electron chi connectivity index (χ0n) is 13.5. The predicted octanol–water partition coefficient (Wildman–Crippen LogP) is 3.63. The van der Waals surface area contributed by atoms with Gasteiger partial charge in [-0.2, -0.15) is 0 Å². The van der Waals surface area contributed by atoms with E-state index in [9.17, 15) is 9.90 Å². The molecule has 23 heavy (non-hydrogen) atoms. The van der Waals surface area contributed by atoms with Gasteiger partial charge in [-0.1, -0.05) is 68.5 Å². The summed E-state index contributed by atoms with van der Waals surface area (Å²) in [6.07, 6.45) is 1.65. The van der Waals surface area contributed by atoms with Crippen LogP contribution in [-0.4, -0.2) is 11.0 Å². The molecule has 1 atom stereocenters. The van der Waals surface area contributed by atoms with Gasteiger partial charge in [0, 0.05) is 11.0 Å². The van der Waals surface area contributed by atoms with E-state index < -0.39 is 11.0 Å². The summed E-state index contributed by atoms with van der Waals surface area (Å²) in [5.74, 6) is -0.299. The average molecular weight is 307 g/mol. The molecule has 1 amide bonds. The van der Waals surface area contributed by atoms with Crippen molar-refractivity contribution < 1.29 is 9.90 Å². The van der Waals surface area contributed by atoms with Crippen LogP contribution in [0.1, 0.15) is 25.0 Å². The third kappa shape index (κ3) is 2.20. The van der Waals surface area contributed by atoms with Crippen LogP contribution in [0.15, 0.2) is 67.3 Å². The fraction of sp³-hybridized carbons (Fsp3) is 0.250. The molecule has 3 rings (SSSR count). The minimum absolute atomic E-state index is 0.299. The van der Waals surface area contributed by atoms with Crippen molar-refractivity contribution in [2.75, 3.05) is 4.90 Å². The number of rotatable bonds is 4. The van der Waals surface area contributed by atoms with Crippen LogP contribution in [0, 0.1) is 5.41 Å². The average Bonchev–Trinajstić information content (AvgIpc) is 2.79. The minimum Gasteiger partial charge on any atom is -0.375 e. The van der Waals surface area contributed by atoms with Gasteiger partial charge in [-0.05, 0) is 11.6 Å². The Morgan fingerprint density at radius 3 is 2.39 bits per heavy atom. The maximum Gasteiger partial charge on any atom is 0.264 e. The SMILES string of the molecule is C=CC(C)(C)C1(O)C(=O)N(Cc2ccccc2)c2ccccc21. The third-order valence-corrected chi connectivity index (χ3v) is 4.77. The molecule has 2 aromatic carbocycles. The van der Waals surface area contributed by atoms with Gasteiger partial charge in [-0.15, -0.1) is 6.58 Å². The third-order valence-electron chi connectivity index (χ3n) is 4.77. The largest absolute Gasteiger partial charge is 0.375 e. The molecule has 3 heteroatoms. The van der Waals surface area contributed by atoms with Crippen molar-refractivity contribution in [2.45, 2.75) is 26.0 Å². The molecule has 3 nitrogen and oxygen atoms in total. The van der Waals surface area contributed by atoms with Crippen molar-refractivity contribution in [1.29, 1.82) is 0 Å². The second-order valence-corrected chi connectivity index (χ2v) is 6.53. The Labute approximate surface area is 136 Å². The standard InChI is InChI=1S/C20H21NO2/c1-4-19(2,3)20(23)16-12-8-9-13-17(16)21(18(20)22)14-15-10-6-5-7-11-15/h4-13,23H,1,14H2,2-3H3. The van der Waals surface area contributed by atoms with Gasteiger partial charge in [-0.25, -0.2) is 0 Å². The molecule has 0 spiro atoms. The van der Waals surface area contributed by atoms with Crippen LogP contribution in [0.3, 0.4) is 0 Å². The van der Waals surface area contributed by atoms with Gasteiger partial charge in [0.15, 0.2) is 5.60 Å². The number of benzene rings is 2. The fourth-order valence-corrected chi connectivity index (χ4v) is 3.13. The number of fused-ring (bicyclic) bond motifs is 1. The van der Waals surface area contributed by atoms with Crippen molar-refractivity contribution in [2.24, 2.45) is 5.41 Å². The summed E-state index contributed by atoms with van der Waals surface area (Å²) in [4.78, 5) is 14.8. The highest BCUT2D eigenvalue weighted by Crippen LogP contribution is 2.50. The van der Waals surface area contributed by atoms with E-state index in [1.54, 1.807) is 11.0 Å². The van der Waals surface area contributed by atoms with Gasteiger partial charge >= 0.3 is 0 Å². The van der Waals surface area contributed by atoms with Crippen LogP contribution >= 0.6 is 0 Å². The van der Waals surface area contributed by atoms with E-state index >= 15 is 0 Å². The van der Waals surface area contributed by atoms with Gasteiger partial charge in [-0.3, -0.25) is 4.79 Å². The van der Waals surface area contributed by atoms with E-state index in [1.807, 2.05) is 68.4 Å². The lowest BCUT2D eigenvalue weighted by Gasteiger charge is -2.36. The van der Waals surface area contributed by atoms with Gasteiger partial charge in [0.25, 0.3) is 5.91 Å². The Bertz CT molecular complexity index is 751. The Morgan fingerprint density at radius 2 is 1.74 bits per heavy atom. The number of nitrogens with zero attached hydrogens (tertiary/aromatic N) is 1. The Hall–Kier alpha value is -2.39. The summed E-state index contributed by atoms with van der Waals surface area (Å²) < 4.78 is 0. The first kappa shape index (κ1) is 15.5. The molecular weight excluding hydrogens is 286 g/mol. The van der Waals surface area contributed by atoms with Crippen molar-refractivity contribution in [3.63, 3.8) is 0 Å². The van der Waals surface area contributed by atoms with Crippen molar-refractivity contribution in [1.82, 2.24) is 0 Å². The van der Waals surface area contributed by atoms with E-state index in [-0.39, 0.29) is 5.91 Å². The molecule has 2 aromatic rings. The molecular formula is C20H21NO2. The Morgan fingerprint density at radius 1 is 1.13 bits per heavy atom. The van der Waals surface area contributed by atoms with Crippen LogP contribution in [-0.2, 0) is 16.9 Å². The second kappa shape index (κ2) is 5.36. The normalized spacial score (nSPS) is 20.5. The molecule has 0 saturated heterocycles. The minimum atomic E-state index is -1.60. The zero-order valence-corrected chi connectivity index (χ0v) is 13.5. The summed E-state index contributed by atoms with van der Waals surface area (Å²) in [6, 6.07) is 17.2. The molecule has 1 aliphatic rings. The first-order chi connectivity index (χ1) is 10.9. The second-order valence-electron chi connectivity index (χ2n) is 6.53. The molecule has 1 N–H and O–H groups in total. The van der Waals surface area contributed by atoms with Crippen LogP contribution in [0.2, 0.25) is 0 Å². The zero-order chi connectivity index (χ0) is 16.7. The molecule has 1 aliphatic heterocycles. The predicted molar refractivity (Wildman–Crippen MR) is 91.9 cm³/mol. The number of carbonyl (C=O) groups excluding carboxylic acids is 1. The number of aliphatic hydroxyl groups is 1. The van der Waals surface area contributed by atoms with Crippen molar-refractivity contribution >= 4 is 11.6 Å². The lowest BCUT2D eigenvalue weighted by atomic mass is 9.71. The lowest BCUT2D eigenvalue weighted by Crippen LogP contribution is -2.49. The number of hydrogen-bond donors (Lipinski definition) is 1. The van der Waals surface area contributed by atoms with Gasteiger partial charge in [0.05, 0.1) is 12.2 Å². The molecule has 1 unspecified atom stereocenters. The quantitative estimate of drug-likeness (QED) is 0.876. The topological polar surface area (TPSA) is 40.5 Å². The monoisotopic (exact) mass is 307 g/mol. The maximum absolute atomic E-state index is 13.1. The smallest absolute Gasteiger partial charge is 0.264 e. The number of amides is 1. The van der Waals surface area contributed by atoms with E-state index in [2.05, 4.69) is 6.58 Å². The van der Waals surface area contributed by atoms with Gasteiger partial charge in [0.2, 0.25) is 0 Å². The van der Waals surface area contributed by atoms with Crippen LogP contribution in [0.25, 0.3) is 0 Å². The Balaban J connectivity index is 2.11. The Kier molecular flexibility index (Phi) is 3.61. The highest BCUT2D eigenvalue weighted by molar-refractivity contribution is 6.07. The summed E-state index contributed by atoms with van der Waals surface area (Å²) in [5, 5.41) is 11.3. The van der Waals surface area contributed by atoms with Crippen LogP contribution in [0.4, 0.5) is 5.69 Å². The molecule has 118 valence electrons. The highest BCUT2D eigenvalue weighted by atomic mass is 16.3. The van der Waals surface area contributed by atoms with E-state index in [0.29, 0.717) is 12.1 Å². The molecule has 0 radical (unpaired) electrons. The highest BCUT2D eigenvalue weighted by Gasteiger charge is 2.57. The number of para-hydroxylation sites is 1. The van der Waals surface area contributed by atoms with Crippen LogP contribution in [0.5, 0.6) is 0 Å². The summed E-state index contributed by atoms with van der Waals surface area (Å²) >= 11 is 0. The molecule has 0 saturated carbocycles. The van der Waals surface area contributed by atoms with Crippen LogP contribution < -0.4 is 4.90 Å². The number of carbonyl (C=O) groups is 1. The van der Waals surface area contributed by atoms with Crippen molar-refractivity contribution in [3.05, 3.63) is 78.4 Å². The first-order valence-corrected chi connectivity index (χ1v) is 7.73. The van der Waals surface area contributed by atoms with E-state index in [1.165, 1.54) is 0 Å². The maximum atomic E-state index is 13.1. The molecule has 1 heterocycles. The van der Waals surface area contributed by atoms with E-state index in [4.69, 9.17) is 0 Å². The first-order valence-electron chi connectivity index (χ1n) is 7.73. The lowest BCUT2D eigenvalue weighted by molar-refractivity contribution is -0.146. The summed E-state index contributed by atoms with van der Waals surface area (Å²) in [7, 11) is 0. The van der Waals surface area contributed by atoms with Gasteiger partial charge < -0.3 is 10.0 Å². The molecule has 0 aromatic heterocycles. The van der Waals surface area contributed by atoms with Crippen molar-refractivity contribution in [3.8, 4) is 0 Å². The van der Waals surface area contributed by atoms with Gasteiger partial charge in [0.1, 0.15) is 0 Å². The molecule has 0 aliphatic carbocycles. The summed E-state index contributed by atoms with van der Waals surface area (Å²) in [6.45, 7) is 7.91. The number of anilines is 1. The molecule has 0 fully saturated rings.